The average Bonchev–Trinajstić information content (AvgIpc) is 2.60. The number of ether oxygens (including phenoxy) is 2. The van der Waals surface area contributed by atoms with Crippen LogP contribution in [0.15, 0.2) is 42.5 Å². The second-order valence-corrected chi connectivity index (χ2v) is 4.66. The van der Waals surface area contributed by atoms with Gasteiger partial charge in [-0.2, -0.15) is 5.26 Å². The Balaban J connectivity index is 2.29. The predicted octanol–water partition coefficient (Wildman–Crippen LogP) is 3.18. The largest absolute Gasteiger partial charge is 0.502 e. The highest BCUT2D eigenvalue weighted by Crippen LogP contribution is 2.37. The van der Waals surface area contributed by atoms with Gasteiger partial charge < -0.3 is 14.6 Å². The number of rotatable bonds is 5. The molecular formula is C18H15NO4. The quantitative estimate of drug-likeness (QED) is 0.678. The summed E-state index contributed by atoms with van der Waals surface area (Å²) < 4.78 is 10.1. The zero-order valence-electron chi connectivity index (χ0n) is 12.7. The third-order valence-corrected chi connectivity index (χ3v) is 3.21. The Labute approximate surface area is 134 Å². The van der Waals surface area contributed by atoms with Crippen molar-refractivity contribution in [1.82, 2.24) is 0 Å². The van der Waals surface area contributed by atoms with Crippen molar-refractivity contribution in [2.75, 3.05) is 14.2 Å². The van der Waals surface area contributed by atoms with E-state index in [1.165, 1.54) is 26.4 Å². The lowest BCUT2D eigenvalue weighted by Gasteiger charge is -2.09. The highest BCUT2D eigenvalue weighted by atomic mass is 16.5. The number of phenolic OH excluding ortho intramolecular Hbond substituents is 1. The van der Waals surface area contributed by atoms with Crippen molar-refractivity contribution in [3.05, 3.63) is 59.2 Å². The van der Waals surface area contributed by atoms with Gasteiger partial charge in [0.05, 0.1) is 25.9 Å². The number of ketones is 1. The van der Waals surface area contributed by atoms with Crippen molar-refractivity contribution in [2.45, 2.75) is 0 Å². The van der Waals surface area contributed by atoms with Gasteiger partial charge in [-0.3, -0.25) is 4.79 Å². The van der Waals surface area contributed by atoms with E-state index in [4.69, 9.17) is 14.7 Å². The van der Waals surface area contributed by atoms with Gasteiger partial charge in [0.1, 0.15) is 0 Å². The summed E-state index contributed by atoms with van der Waals surface area (Å²) in [5.41, 5.74) is 1.50. The van der Waals surface area contributed by atoms with Crippen LogP contribution in [0.5, 0.6) is 17.2 Å². The van der Waals surface area contributed by atoms with Gasteiger partial charge in [0.15, 0.2) is 17.3 Å². The first-order valence-corrected chi connectivity index (χ1v) is 6.76. The Kier molecular flexibility index (Phi) is 5.00. The predicted molar refractivity (Wildman–Crippen MR) is 85.7 cm³/mol. The maximum Gasteiger partial charge on any atom is 0.200 e. The summed E-state index contributed by atoms with van der Waals surface area (Å²) in [6.45, 7) is 0. The Bertz CT molecular complexity index is 778. The SMILES string of the molecule is COc1cc(C=CC(=O)c2cccc(C#N)c2)cc(OC)c1O. The van der Waals surface area contributed by atoms with Crippen LogP contribution in [0.4, 0.5) is 0 Å². The normalized spacial score (nSPS) is 10.3. The fourth-order valence-corrected chi connectivity index (χ4v) is 2.02. The van der Waals surface area contributed by atoms with Gasteiger partial charge in [0.25, 0.3) is 0 Å². The van der Waals surface area contributed by atoms with Gasteiger partial charge in [-0.25, -0.2) is 0 Å². The summed E-state index contributed by atoms with van der Waals surface area (Å²) in [7, 11) is 2.86. The number of carbonyl (C=O) groups is 1. The Hall–Kier alpha value is -3.26. The molecular weight excluding hydrogens is 294 g/mol. The van der Waals surface area contributed by atoms with Crippen LogP contribution in [0.25, 0.3) is 6.08 Å². The lowest BCUT2D eigenvalue weighted by Crippen LogP contribution is -1.95. The molecule has 23 heavy (non-hydrogen) atoms. The van der Waals surface area contributed by atoms with Crippen LogP contribution in [-0.4, -0.2) is 25.1 Å². The van der Waals surface area contributed by atoms with Crippen molar-refractivity contribution in [3.63, 3.8) is 0 Å². The van der Waals surface area contributed by atoms with Gasteiger partial charge in [-0.15, -0.1) is 0 Å². The molecule has 116 valence electrons. The van der Waals surface area contributed by atoms with Gasteiger partial charge in [0.2, 0.25) is 5.75 Å². The monoisotopic (exact) mass is 309 g/mol. The first kappa shape index (κ1) is 16.1. The van der Waals surface area contributed by atoms with Gasteiger partial charge in [-0.1, -0.05) is 18.2 Å². The van der Waals surface area contributed by atoms with Crippen molar-refractivity contribution in [1.29, 1.82) is 5.26 Å². The van der Waals surface area contributed by atoms with Crippen molar-refractivity contribution in [3.8, 4) is 23.3 Å². The molecule has 0 aromatic heterocycles. The van der Waals surface area contributed by atoms with E-state index in [9.17, 15) is 9.90 Å². The van der Waals surface area contributed by atoms with E-state index < -0.39 is 0 Å². The molecule has 0 saturated carbocycles. The first-order valence-electron chi connectivity index (χ1n) is 6.76. The molecule has 0 bridgehead atoms. The number of nitrogens with zero attached hydrogens (tertiary/aromatic N) is 1. The maximum atomic E-state index is 12.2. The van der Waals surface area contributed by atoms with Crippen LogP contribution in [0.1, 0.15) is 21.5 Å². The summed E-state index contributed by atoms with van der Waals surface area (Å²) in [6.07, 6.45) is 2.98. The Morgan fingerprint density at radius 2 is 1.83 bits per heavy atom. The van der Waals surface area contributed by atoms with Crippen LogP contribution in [-0.2, 0) is 0 Å². The van der Waals surface area contributed by atoms with Gasteiger partial charge in [-0.05, 0) is 35.9 Å². The maximum absolute atomic E-state index is 12.2. The lowest BCUT2D eigenvalue weighted by atomic mass is 10.1. The molecule has 0 aliphatic heterocycles. The molecule has 0 atom stereocenters. The minimum absolute atomic E-state index is 0.0970. The second kappa shape index (κ2) is 7.14. The highest BCUT2D eigenvalue weighted by molar-refractivity contribution is 6.07. The van der Waals surface area contributed by atoms with E-state index in [0.717, 1.165) is 0 Å². The Morgan fingerprint density at radius 1 is 1.17 bits per heavy atom. The molecule has 0 aliphatic carbocycles. The molecule has 0 amide bonds. The molecule has 5 nitrogen and oxygen atoms in total. The fraction of sp³-hybridized carbons (Fsp3) is 0.111. The van der Waals surface area contributed by atoms with Gasteiger partial charge >= 0.3 is 0 Å². The zero-order valence-corrected chi connectivity index (χ0v) is 12.7. The molecule has 0 spiro atoms. The molecule has 0 fully saturated rings. The number of carbonyl (C=O) groups excluding carboxylic acids is 1. The van der Waals surface area contributed by atoms with Gasteiger partial charge in [0, 0.05) is 5.56 Å². The molecule has 2 rings (SSSR count). The fourth-order valence-electron chi connectivity index (χ4n) is 2.02. The third kappa shape index (κ3) is 3.69. The van der Waals surface area contributed by atoms with Crippen LogP contribution >= 0.6 is 0 Å². The summed E-state index contributed by atoms with van der Waals surface area (Å²) >= 11 is 0. The smallest absolute Gasteiger partial charge is 0.200 e. The zero-order chi connectivity index (χ0) is 16.8. The molecule has 2 aromatic rings. The highest BCUT2D eigenvalue weighted by Gasteiger charge is 2.10. The molecule has 2 aromatic carbocycles. The number of methoxy groups -OCH3 is 2. The molecule has 5 heteroatoms. The number of benzene rings is 2. The first-order chi connectivity index (χ1) is 11.1. The van der Waals surface area contributed by atoms with E-state index in [1.807, 2.05) is 6.07 Å². The number of hydrogen-bond donors (Lipinski definition) is 1. The summed E-state index contributed by atoms with van der Waals surface area (Å²) in [5.74, 6) is 0.180. The summed E-state index contributed by atoms with van der Waals surface area (Å²) in [5, 5.41) is 18.7. The van der Waals surface area contributed by atoms with E-state index in [-0.39, 0.29) is 23.0 Å². The number of aromatic hydroxyl groups is 1. The number of phenols is 1. The minimum atomic E-state index is -0.229. The lowest BCUT2D eigenvalue weighted by molar-refractivity contribution is 0.104. The molecule has 0 radical (unpaired) electrons. The molecule has 0 saturated heterocycles. The summed E-state index contributed by atoms with van der Waals surface area (Å²) in [4.78, 5) is 12.2. The van der Waals surface area contributed by atoms with Crippen LogP contribution in [0.3, 0.4) is 0 Å². The average molecular weight is 309 g/mol. The topological polar surface area (TPSA) is 79.6 Å². The third-order valence-electron chi connectivity index (χ3n) is 3.21. The summed E-state index contributed by atoms with van der Waals surface area (Å²) in [6, 6.07) is 11.6. The Morgan fingerprint density at radius 3 is 2.39 bits per heavy atom. The van der Waals surface area contributed by atoms with Crippen molar-refractivity contribution < 1.29 is 19.4 Å². The minimum Gasteiger partial charge on any atom is -0.502 e. The molecule has 0 heterocycles. The van der Waals surface area contributed by atoms with Crippen LogP contribution < -0.4 is 9.47 Å². The molecule has 1 N–H and O–H groups in total. The van der Waals surface area contributed by atoms with Crippen molar-refractivity contribution >= 4 is 11.9 Å². The number of hydrogen-bond acceptors (Lipinski definition) is 5. The van der Waals surface area contributed by atoms with E-state index in [0.29, 0.717) is 16.7 Å². The number of allylic oxidation sites excluding steroid dienone is 1. The van der Waals surface area contributed by atoms with Crippen LogP contribution in [0, 0.1) is 11.3 Å². The van der Waals surface area contributed by atoms with E-state index in [1.54, 1.807) is 36.4 Å². The van der Waals surface area contributed by atoms with E-state index >= 15 is 0 Å². The standard InChI is InChI=1S/C18H15NO4/c1-22-16-9-12(10-17(23-2)18(16)21)6-7-15(20)14-5-3-4-13(8-14)11-19/h3-10,21H,1-2H3. The number of nitriles is 1. The molecule has 0 aliphatic rings. The van der Waals surface area contributed by atoms with E-state index in [2.05, 4.69) is 0 Å². The van der Waals surface area contributed by atoms with Crippen LogP contribution in [0.2, 0.25) is 0 Å². The second-order valence-electron chi connectivity index (χ2n) is 4.66. The van der Waals surface area contributed by atoms with Crippen molar-refractivity contribution in [2.24, 2.45) is 0 Å². The molecule has 0 unspecified atom stereocenters.